The number of nitrogens with one attached hydrogen (secondary N) is 1. The molecule has 78 valence electrons. The van der Waals surface area contributed by atoms with Crippen LogP contribution >= 0.6 is 22.6 Å². The molecular weight excluding hydrogens is 305 g/mol. The Hall–Kier alpha value is -0.570. The van der Waals surface area contributed by atoms with Crippen molar-refractivity contribution in [2.45, 2.75) is 5.92 Å². The fourth-order valence-electron chi connectivity index (χ4n) is 0.728. The first-order chi connectivity index (χ1) is 6.55. The number of nitrogens with zero attached hydrogens (tertiary/aromatic N) is 2. The van der Waals surface area contributed by atoms with E-state index in [1.54, 1.807) is 0 Å². The molecule has 0 saturated carbocycles. The lowest BCUT2D eigenvalue weighted by Gasteiger charge is -2.15. The highest BCUT2D eigenvalue weighted by atomic mass is 127. The molecule has 0 aliphatic rings. The van der Waals surface area contributed by atoms with Crippen molar-refractivity contribution < 1.29 is 8.78 Å². The van der Waals surface area contributed by atoms with Crippen molar-refractivity contribution in [1.29, 1.82) is 0 Å². The third-order valence-corrected chi connectivity index (χ3v) is 2.27. The molecule has 0 aliphatic carbocycles. The van der Waals surface area contributed by atoms with Crippen LogP contribution in [0.5, 0.6) is 0 Å². The minimum Gasteiger partial charge on any atom is -0.363 e. The largest absolute Gasteiger partial charge is 0.363 e. The summed E-state index contributed by atoms with van der Waals surface area (Å²) in [4.78, 5) is 7.55. The Morgan fingerprint density at radius 1 is 1.57 bits per heavy atom. The lowest BCUT2D eigenvalue weighted by atomic mass is 10.3. The molecule has 1 rings (SSSR count). The van der Waals surface area contributed by atoms with Gasteiger partial charge in [-0.3, -0.25) is 0 Å². The molecule has 4 nitrogen and oxygen atoms in total. The fraction of sp³-hybridized carbons (Fsp3) is 0.429. The molecular formula is C7H9F2IN4. The van der Waals surface area contributed by atoms with Gasteiger partial charge in [-0.05, 0) is 22.6 Å². The molecule has 3 N–H and O–H groups in total. The Labute approximate surface area is 93.4 Å². The monoisotopic (exact) mass is 314 g/mol. The zero-order valence-corrected chi connectivity index (χ0v) is 9.33. The van der Waals surface area contributed by atoms with Crippen molar-refractivity contribution >= 4 is 28.4 Å². The first kappa shape index (κ1) is 11.5. The number of anilines is 1. The van der Waals surface area contributed by atoms with Crippen molar-refractivity contribution in [3.05, 3.63) is 16.1 Å². The summed E-state index contributed by atoms with van der Waals surface area (Å²) in [7, 11) is 0. The maximum absolute atomic E-state index is 12.7. The number of rotatable bonds is 4. The minimum absolute atomic E-state index is 0.397. The highest BCUT2D eigenvalue weighted by molar-refractivity contribution is 14.1. The van der Waals surface area contributed by atoms with Crippen molar-refractivity contribution in [3.63, 3.8) is 0 Å². The first-order valence-corrected chi connectivity index (χ1v) is 4.90. The van der Waals surface area contributed by atoms with Crippen LogP contribution in [0.15, 0.2) is 12.5 Å². The van der Waals surface area contributed by atoms with E-state index >= 15 is 0 Å². The molecule has 7 heteroatoms. The van der Waals surface area contributed by atoms with Crippen LogP contribution in [0.2, 0.25) is 0 Å². The molecule has 0 amide bonds. The van der Waals surface area contributed by atoms with Crippen LogP contribution in [0.25, 0.3) is 0 Å². The number of aromatic nitrogens is 2. The molecule has 1 aromatic rings. The molecule has 0 atom stereocenters. The summed E-state index contributed by atoms with van der Waals surface area (Å²) in [5.74, 6) is -2.51. The van der Waals surface area contributed by atoms with Gasteiger partial charge in [0.15, 0.2) is 0 Å². The van der Waals surface area contributed by atoms with E-state index in [0.717, 1.165) is 0 Å². The van der Waals surface area contributed by atoms with E-state index in [9.17, 15) is 8.78 Å². The van der Waals surface area contributed by atoms with Gasteiger partial charge >= 0.3 is 0 Å². The van der Waals surface area contributed by atoms with E-state index < -0.39 is 19.0 Å². The zero-order valence-electron chi connectivity index (χ0n) is 7.17. The molecule has 0 fully saturated rings. The maximum Gasteiger partial charge on any atom is 0.276 e. The Bertz CT molecular complexity index is 307. The average molecular weight is 314 g/mol. The molecule has 0 saturated heterocycles. The van der Waals surface area contributed by atoms with Crippen LogP contribution in [-0.4, -0.2) is 29.0 Å². The summed E-state index contributed by atoms with van der Waals surface area (Å²) in [5.41, 5.74) is 4.88. The minimum atomic E-state index is -2.91. The number of nitrogens with two attached hydrogens (primary N) is 1. The van der Waals surface area contributed by atoms with Gasteiger partial charge in [-0.15, -0.1) is 0 Å². The molecule has 14 heavy (non-hydrogen) atoms. The summed E-state index contributed by atoms with van der Waals surface area (Å²) in [5, 5.41) is 2.52. The van der Waals surface area contributed by atoms with Gasteiger partial charge in [0.25, 0.3) is 5.92 Å². The predicted molar refractivity (Wildman–Crippen MR) is 57.2 cm³/mol. The van der Waals surface area contributed by atoms with Gasteiger partial charge in [-0.25, -0.2) is 18.7 Å². The van der Waals surface area contributed by atoms with Crippen LogP contribution in [0.1, 0.15) is 0 Å². The summed E-state index contributed by atoms with van der Waals surface area (Å²) in [6.45, 7) is -1.20. The fourth-order valence-corrected chi connectivity index (χ4v) is 1.22. The van der Waals surface area contributed by atoms with Crippen LogP contribution in [0, 0.1) is 3.57 Å². The SMILES string of the molecule is NCC(F)(F)CNc1ncncc1I. The average Bonchev–Trinajstić information content (AvgIpc) is 2.17. The Morgan fingerprint density at radius 2 is 2.29 bits per heavy atom. The van der Waals surface area contributed by atoms with Crippen LogP contribution in [0.3, 0.4) is 0 Å². The molecule has 0 unspecified atom stereocenters. The number of hydrogen-bond acceptors (Lipinski definition) is 4. The van der Waals surface area contributed by atoms with E-state index in [-0.39, 0.29) is 0 Å². The van der Waals surface area contributed by atoms with E-state index in [0.29, 0.717) is 9.39 Å². The van der Waals surface area contributed by atoms with E-state index in [1.807, 2.05) is 22.6 Å². The smallest absolute Gasteiger partial charge is 0.276 e. The highest BCUT2D eigenvalue weighted by Gasteiger charge is 2.26. The third kappa shape index (κ3) is 3.29. The van der Waals surface area contributed by atoms with Gasteiger partial charge in [0.2, 0.25) is 0 Å². The molecule has 0 radical (unpaired) electrons. The van der Waals surface area contributed by atoms with Crippen molar-refractivity contribution in [1.82, 2.24) is 9.97 Å². The molecule has 0 aromatic carbocycles. The second-order valence-electron chi connectivity index (χ2n) is 2.63. The quantitative estimate of drug-likeness (QED) is 0.817. The van der Waals surface area contributed by atoms with E-state index in [1.165, 1.54) is 12.5 Å². The van der Waals surface area contributed by atoms with E-state index in [2.05, 4.69) is 15.3 Å². The Kier molecular flexibility index (Phi) is 3.93. The van der Waals surface area contributed by atoms with Crippen molar-refractivity contribution in [2.24, 2.45) is 5.73 Å². The van der Waals surface area contributed by atoms with Crippen LogP contribution in [-0.2, 0) is 0 Å². The first-order valence-electron chi connectivity index (χ1n) is 3.82. The van der Waals surface area contributed by atoms with Gasteiger partial charge in [-0.1, -0.05) is 0 Å². The molecule has 0 aliphatic heterocycles. The Morgan fingerprint density at radius 3 is 2.86 bits per heavy atom. The standard InChI is InChI=1S/C7H9F2IN4/c8-7(9,2-11)3-13-6-5(10)1-12-4-14-6/h1,4H,2-3,11H2,(H,12,13,14). The topological polar surface area (TPSA) is 63.8 Å². The van der Waals surface area contributed by atoms with Gasteiger partial charge in [0.05, 0.1) is 16.7 Å². The highest BCUT2D eigenvalue weighted by Crippen LogP contribution is 2.16. The van der Waals surface area contributed by atoms with Crippen molar-refractivity contribution in [3.8, 4) is 0 Å². The van der Waals surface area contributed by atoms with Gasteiger partial charge in [0, 0.05) is 6.20 Å². The van der Waals surface area contributed by atoms with Crippen LogP contribution < -0.4 is 11.1 Å². The van der Waals surface area contributed by atoms with Gasteiger partial charge < -0.3 is 11.1 Å². The van der Waals surface area contributed by atoms with Crippen LogP contribution in [0.4, 0.5) is 14.6 Å². The number of alkyl halides is 2. The molecule has 0 spiro atoms. The molecule has 1 aromatic heterocycles. The summed E-state index contributed by atoms with van der Waals surface area (Å²) in [6, 6.07) is 0. The molecule has 0 bridgehead atoms. The summed E-state index contributed by atoms with van der Waals surface area (Å²) in [6.07, 6.45) is 2.83. The normalized spacial score (nSPS) is 11.4. The summed E-state index contributed by atoms with van der Waals surface area (Å²) < 4.78 is 26.2. The Balaban J connectivity index is 2.58. The lowest BCUT2D eigenvalue weighted by Crippen LogP contribution is -2.35. The maximum atomic E-state index is 12.7. The second-order valence-corrected chi connectivity index (χ2v) is 3.80. The summed E-state index contributed by atoms with van der Waals surface area (Å²) >= 11 is 1.96. The predicted octanol–water partition coefficient (Wildman–Crippen LogP) is 1.09. The number of hydrogen-bond donors (Lipinski definition) is 2. The third-order valence-electron chi connectivity index (χ3n) is 1.48. The van der Waals surface area contributed by atoms with E-state index in [4.69, 9.17) is 5.73 Å². The number of halogens is 3. The van der Waals surface area contributed by atoms with Gasteiger partial charge in [0.1, 0.15) is 12.1 Å². The van der Waals surface area contributed by atoms with Gasteiger partial charge in [-0.2, -0.15) is 0 Å². The van der Waals surface area contributed by atoms with Crippen molar-refractivity contribution in [2.75, 3.05) is 18.4 Å². The second kappa shape index (κ2) is 4.78. The molecule has 1 heterocycles. The zero-order chi connectivity index (χ0) is 10.6. The lowest BCUT2D eigenvalue weighted by molar-refractivity contribution is 0.0253.